The van der Waals surface area contributed by atoms with E-state index in [1.165, 1.54) is 0 Å². The van der Waals surface area contributed by atoms with Crippen LogP contribution in [0.15, 0.2) is 35.5 Å². The lowest BCUT2D eigenvalue weighted by atomic mass is 9.99. The van der Waals surface area contributed by atoms with Crippen molar-refractivity contribution in [1.82, 2.24) is 5.32 Å². The molecule has 148 valence electrons. The Balaban J connectivity index is 2.94. The van der Waals surface area contributed by atoms with Crippen LogP contribution in [0.3, 0.4) is 0 Å². The summed E-state index contributed by atoms with van der Waals surface area (Å²) in [5, 5.41) is 3.02. The van der Waals surface area contributed by atoms with Gasteiger partial charge in [-0.3, -0.25) is 0 Å². The summed E-state index contributed by atoms with van der Waals surface area (Å²) in [7, 11) is -1.92. The van der Waals surface area contributed by atoms with Gasteiger partial charge in [-0.25, -0.2) is 4.79 Å². The molecule has 0 bridgehead atoms. The van der Waals surface area contributed by atoms with Gasteiger partial charge in [0.05, 0.1) is 12.3 Å². The van der Waals surface area contributed by atoms with Crippen molar-refractivity contribution in [3.63, 3.8) is 0 Å². The maximum absolute atomic E-state index is 12.3. The van der Waals surface area contributed by atoms with E-state index in [1.54, 1.807) is 18.4 Å². The van der Waals surface area contributed by atoms with Gasteiger partial charge in [-0.1, -0.05) is 26.8 Å². The van der Waals surface area contributed by atoms with E-state index in [9.17, 15) is 4.79 Å². The molecule has 0 saturated heterocycles. The van der Waals surface area contributed by atoms with Gasteiger partial charge in [0.15, 0.2) is 8.32 Å². The highest BCUT2D eigenvalue weighted by molar-refractivity contribution is 6.74. The van der Waals surface area contributed by atoms with Crippen LogP contribution in [-0.2, 0) is 9.16 Å². The number of hydrogen-bond acceptors (Lipinski definition) is 4. The first-order chi connectivity index (χ1) is 11.8. The van der Waals surface area contributed by atoms with Gasteiger partial charge in [-0.15, -0.1) is 6.58 Å². The monoisotopic (exact) mass is 381 g/mol. The third-order valence-electron chi connectivity index (χ3n) is 4.70. The van der Waals surface area contributed by atoms with E-state index in [4.69, 9.17) is 13.6 Å². The summed E-state index contributed by atoms with van der Waals surface area (Å²) in [6.45, 7) is 20.9. The molecule has 0 aromatic carbocycles. The van der Waals surface area contributed by atoms with Crippen molar-refractivity contribution >= 4 is 14.4 Å². The van der Waals surface area contributed by atoms with E-state index in [2.05, 4.69) is 45.8 Å². The molecule has 0 saturated carbocycles. The molecule has 1 aromatic heterocycles. The second kappa shape index (κ2) is 8.44. The van der Waals surface area contributed by atoms with Crippen molar-refractivity contribution < 1.29 is 18.4 Å². The number of nitrogens with one attached hydrogen (secondary N) is 1. The van der Waals surface area contributed by atoms with Crippen molar-refractivity contribution in [1.29, 1.82) is 0 Å². The van der Waals surface area contributed by atoms with Gasteiger partial charge in [-0.2, -0.15) is 0 Å². The summed E-state index contributed by atoms with van der Waals surface area (Å²) in [6, 6.07) is 3.24. The Labute approximate surface area is 159 Å². The summed E-state index contributed by atoms with van der Waals surface area (Å²) < 4.78 is 17.3. The minimum absolute atomic E-state index is 0.109. The van der Waals surface area contributed by atoms with Crippen molar-refractivity contribution in [2.45, 2.75) is 71.3 Å². The molecule has 26 heavy (non-hydrogen) atoms. The Morgan fingerprint density at radius 2 is 1.92 bits per heavy atom. The van der Waals surface area contributed by atoms with E-state index in [0.29, 0.717) is 12.4 Å². The van der Waals surface area contributed by atoms with Crippen LogP contribution in [-0.4, -0.2) is 26.6 Å². The Bertz CT molecular complexity index is 582. The fourth-order valence-corrected chi connectivity index (χ4v) is 3.16. The van der Waals surface area contributed by atoms with Gasteiger partial charge >= 0.3 is 6.09 Å². The van der Waals surface area contributed by atoms with Gasteiger partial charge in [0.2, 0.25) is 0 Å². The quantitative estimate of drug-likeness (QED) is 0.488. The number of rotatable bonds is 7. The molecular formula is C20H35NO4Si. The second-order valence-electron chi connectivity index (χ2n) is 9.11. The Kier molecular flexibility index (Phi) is 7.30. The van der Waals surface area contributed by atoms with Crippen LogP contribution in [0.4, 0.5) is 4.79 Å². The molecule has 0 fully saturated rings. The maximum Gasteiger partial charge on any atom is 0.408 e. The fraction of sp³-hybridized carbons (Fsp3) is 0.650. The molecule has 0 spiro atoms. The van der Waals surface area contributed by atoms with E-state index < -0.39 is 26.1 Å². The second-order valence-corrected chi connectivity index (χ2v) is 13.9. The van der Waals surface area contributed by atoms with E-state index in [-0.39, 0.29) is 11.0 Å². The Morgan fingerprint density at radius 1 is 1.31 bits per heavy atom. The SMILES string of the molecule is C=C[C@H](CO[Si](C)(C)C(C)(C)C)[C@@H](NC(=O)OC(C)(C)C)c1ccco1. The van der Waals surface area contributed by atoms with Crippen LogP contribution in [0.2, 0.25) is 18.1 Å². The van der Waals surface area contributed by atoms with Crippen molar-refractivity contribution in [3.05, 3.63) is 36.8 Å². The van der Waals surface area contributed by atoms with Crippen LogP contribution in [0.25, 0.3) is 0 Å². The lowest BCUT2D eigenvalue weighted by molar-refractivity contribution is 0.0473. The van der Waals surface area contributed by atoms with E-state index in [0.717, 1.165) is 0 Å². The van der Waals surface area contributed by atoms with Crippen LogP contribution >= 0.6 is 0 Å². The molecule has 0 aliphatic heterocycles. The summed E-state index contributed by atoms with van der Waals surface area (Å²) >= 11 is 0. The topological polar surface area (TPSA) is 60.7 Å². The summed E-state index contributed by atoms with van der Waals surface area (Å²) in [6.07, 6.45) is 2.91. The normalized spacial score (nSPS) is 15.2. The minimum Gasteiger partial charge on any atom is -0.467 e. The fourth-order valence-electron chi connectivity index (χ4n) is 2.11. The number of furan rings is 1. The molecule has 0 unspecified atom stereocenters. The molecule has 0 radical (unpaired) electrons. The molecule has 0 aliphatic carbocycles. The Morgan fingerprint density at radius 3 is 2.35 bits per heavy atom. The number of amides is 1. The van der Waals surface area contributed by atoms with E-state index >= 15 is 0 Å². The number of alkyl carbamates (subject to hydrolysis) is 1. The zero-order chi connectivity index (χ0) is 20.2. The first-order valence-electron chi connectivity index (χ1n) is 9.06. The van der Waals surface area contributed by atoms with Crippen LogP contribution < -0.4 is 5.32 Å². The van der Waals surface area contributed by atoms with Gasteiger partial charge in [0.25, 0.3) is 0 Å². The highest BCUT2D eigenvalue weighted by Crippen LogP contribution is 2.37. The molecular weight excluding hydrogens is 346 g/mol. The molecule has 6 heteroatoms. The molecule has 2 atom stereocenters. The number of hydrogen-bond donors (Lipinski definition) is 1. The molecule has 0 aliphatic rings. The highest BCUT2D eigenvalue weighted by Gasteiger charge is 2.38. The molecule has 1 amide bonds. The average molecular weight is 382 g/mol. The first kappa shape index (κ1) is 22.5. The van der Waals surface area contributed by atoms with Crippen molar-refractivity contribution in [2.24, 2.45) is 5.92 Å². The number of carbonyl (C=O) groups excluding carboxylic acids is 1. The average Bonchev–Trinajstić information content (AvgIpc) is 2.97. The third-order valence-corrected chi connectivity index (χ3v) is 9.20. The predicted octanol–water partition coefficient (Wildman–Crippen LogP) is 5.67. The smallest absolute Gasteiger partial charge is 0.408 e. The highest BCUT2D eigenvalue weighted by atomic mass is 28.4. The zero-order valence-corrected chi connectivity index (χ0v) is 18.5. The van der Waals surface area contributed by atoms with Crippen molar-refractivity contribution in [2.75, 3.05) is 6.61 Å². The molecule has 1 rings (SSSR count). The van der Waals surface area contributed by atoms with Crippen LogP contribution in [0, 0.1) is 5.92 Å². The van der Waals surface area contributed by atoms with Gasteiger partial charge < -0.3 is 18.9 Å². The van der Waals surface area contributed by atoms with Crippen LogP contribution in [0.5, 0.6) is 0 Å². The molecule has 1 N–H and O–H groups in total. The van der Waals surface area contributed by atoms with Gasteiger partial charge in [0.1, 0.15) is 11.4 Å². The standard InChI is InChI=1S/C20H35NO4Si/c1-10-15(14-24-26(8,9)20(5,6)7)17(16-12-11-13-23-16)21-18(22)25-19(2,3)4/h10-13,15,17H,1,14H2,2-9H3,(H,21,22)/t15-,17-/m1/s1. The predicted molar refractivity (Wildman–Crippen MR) is 108 cm³/mol. The summed E-state index contributed by atoms with van der Waals surface area (Å²) in [5.74, 6) is 0.516. The third kappa shape index (κ3) is 6.65. The Hall–Kier alpha value is -1.53. The number of ether oxygens (including phenoxy) is 1. The molecule has 1 heterocycles. The summed E-state index contributed by atoms with van der Waals surface area (Å²) in [4.78, 5) is 12.3. The number of carbonyl (C=O) groups is 1. The minimum atomic E-state index is -1.92. The van der Waals surface area contributed by atoms with E-state index in [1.807, 2.05) is 26.8 Å². The maximum atomic E-state index is 12.3. The molecule has 1 aromatic rings. The largest absolute Gasteiger partial charge is 0.467 e. The van der Waals surface area contributed by atoms with Gasteiger partial charge in [-0.05, 0) is 51.0 Å². The zero-order valence-electron chi connectivity index (χ0n) is 17.5. The van der Waals surface area contributed by atoms with Crippen molar-refractivity contribution in [3.8, 4) is 0 Å². The lowest BCUT2D eigenvalue weighted by Crippen LogP contribution is -2.44. The lowest BCUT2D eigenvalue weighted by Gasteiger charge is -2.38. The summed E-state index contributed by atoms with van der Waals surface area (Å²) in [5.41, 5.74) is -0.570. The van der Waals surface area contributed by atoms with Gasteiger partial charge in [0, 0.05) is 12.5 Å². The first-order valence-corrected chi connectivity index (χ1v) is 12.0. The van der Waals surface area contributed by atoms with Crippen LogP contribution in [0.1, 0.15) is 53.3 Å². The molecule has 5 nitrogen and oxygen atoms in total.